The molecule has 31 heavy (non-hydrogen) atoms. The quantitative estimate of drug-likeness (QED) is 0.637. The molecule has 1 aromatic heterocycles. The zero-order chi connectivity index (χ0) is 21.6. The third-order valence-electron chi connectivity index (χ3n) is 5.12. The van der Waals surface area contributed by atoms with Gasteiger partial charge in [-0.1, -0.05) is 30.3 Å². The van der Waals surface area contributed by atoms with Crippen LogP contribution in [0.3, 0.4) is 0 Å². The molecule has 1 atom stereocenters. The second-order valence-electron chi connectivity index (χ2n) is 7.33. The van der Waals surface area contributed by atoms with Crippen molar-refractivity contribution in [3.05, 3.63) is 90.0 Å². The van der Waals surface area contributed by atoms with E-state index in [4.69, 9.17) is 4.74 Å². The molecule has 7 heteroatoms. The van der Waals surface area contributed by atoms with Gasteiger partial charge in [-0.25, -0.2) is 4.39 Å². The SMILES string of the molecule is O=C(NCc1cccc(OCc2ccccn2)c1)C1CC(=O)N(c2ccccc2F)C1. The molecule has 1 saturated heterocycles. The largest absolute Gasteiger partial charge is 0.487 e. The standard InChI is InChI=1S/C24H22FN3O3/c25-21-9-1-2-10-22(21)28-15-18(13-23(28)29)24(30)27-14-17-6-5-8-20(12-17)31-16-19-7-3-4-11-26-19/h1-12,18H,13-16H2,(H,27,30). The number of carbonyl (C=O) groups excluding carboxylic acids is 2. The molecule has 1 fully saturated rings. The molecule has 1 N–H and O–H groups in total. The fourth-order valence-corrected chi connectivity index (χ4v) is 3.51. The van der Waals surface area contributed by atoms with E-state index in [1.54, 1.807) is 24.4 Å². The molecular weight excluding hydrogens is 397 g/mol. The van der Waals surface area contributed by atoms with E-state index in [0.29, 0.717) is 18.9 Å². The molecule has 4 rings (SSSR count). The summed E-state index contributed by atoms with van der Waals surface area (Å²) < 4.78 is 19.8. The smallest absolute Gasteiger partial charge is 0.227 e. The van der Waals surface area contributed by atoms with Crippen LogP contribution in [0.15, 0.2) is 72.9 Å². The summed E-state index contributed by atoms with van der Waals surface area (Å²) in [7, 11) is 0. The van der Waals surface area contributed by atoms with E-state index >= 15 is 0 Å². The normalized spacial score (nSPS) is 15.7. The Hall–Kier alpha value is -3.74. The van der Waals surface area contributed by atoms with Crippen molar-refractivity contribution >= 4 is 17.5 Å². The van der Waals surface area contributed by atoms with Crippen LogP contribution in [0.2, 0.25) is 0 Å². The van der Waals surface area contributed by atoms with E-state index in [9.17, 15) is 14.0 Å². The number of carbonyl (C=O) groups is 2. The summed E-state index contributed by atoms with van der Waals surface area (Å²) in [4.78, 5) is 30.5. The topological polar surface area (TPSA) is 71.5 Å². The average Bonchev–Trinajstić information content (AvgIpc) is 3.19. The molecule has 0 bridgehead atoms. The van der Waals surface area contributed by atoms with Crippen LogP contribution in [0, 0.1) is 11.7 Å². The number of aromatic nitrogens is 1. The fourth-order valence-electron chi connectivity index (χ4n) is 3.51. The van der Waals surface area contributed by atoms with Gasteiger partial charge in [-0.15, -0.1) is 0 Å². The predicted molar refractivity (Wildman–Crippen MR) is 114 cm³/mol. The van der Waals surface area contributed by atoms with Gasteiger partial charge < -0.3 is 15.0 Å². The van der Waals surface area contributed by atoms with Crippen molar-refractivity contribution in [1.29, 1.82) is 0 Å². The van der Waals surface area contributed by atoms with Gasteiger partial charge >= 0.3 is 0 Å². The number of ether oxygens (including phenoxy) is 1. The second kappa shape index (κ2) is 9.38. The Balaban J connectivity index is 1.32. The first-order valence-electron chi connectivity index (χ1n) is 10.0. The second-order valence-corrected chi connectivity index (χ2v) is 7.33. The number of para-hydroxylation sites is 1. The Labute approximate surface area is 179 Å². The van der Waals surface area contributed by atoms with Crippen LogP contribution in [0.4, 0.5) is 10.1 Å². The number of hydrogen-bond acceptors (Lipinski definition) is 4. The predicted octanol–water partition coefficient (Wildman–Crippen LogP) is 3.47. The van der Waals surface area contributed by atoms with Gasteiger partial charge in [0.05, 0.1) is 17.3 Å². The summed E-state index contributed by atoms with van der Waals surface area (Å²) in [6, 6.07) is 19.2. The van der Waals surface area contributed by atoms with Crippen molar-refractivity contribution in [2.45, 2.75) is 19.6 Å². The number of benzene rings is 2. The van der Waals surface area contributed by atoms with Crippen molar-refractivity contribution in [3.63, 3.8) is 0 Å². The van der Waals surface area contributed by atoms with Crippen LogP contribution < -0.4 is 15.0 Å². The van der Waals surface area contributed by atoms with E-state index in [1.165, 1.54) is 11.0 Å². The summed E-state index contributed by atoms with van der Waals surface area (Å²) in [6.07, 6.45) is 1.78. The van der Waals surface area contributed by atoms with Gasteiger partial charge in [0.15, 0.2) is 0 Å². The lowest BCUT2D eigenvalue weighted by Gasteiger charge is -2.17. The number of rotatable bonds is 7. The maximum Gasteiger partial charge on any atom is 0.227 e. The molecule has 2 amide bonds. The molecule has 2 aromatic carbocycles. The molecule has 158 valence electrons. The molecule has 1 aliphatic heterocycles. The third-order valence-corrected chi connectivity index (χ3v) is 5.12. The van der Waals surface area contributed by atoms with Gasteiger partial charge in [-0.2, -0.15) is 0 Å². The van der Waals surface area contributed by atoms with Crippen molar-refractivity contribution < 1.29 is 18.7 Å². The maximum absolute atomic E-state index is 14.0. The Kier molecular flexibility index (Phi) is 6.21. The van der Waals surface area contributed by atoms with Gasteiger partial charge in [0.1, 0.15) is 18.2 Å². The Morgan fingerprint density at radius 2 is 1.97 bits per heavy atom. The lowest BCUT2D eigenvalue weighted by Crippen LogP contribution is -2.32. The van der Waals surface area contributed by atoms with Gasteiger partial charge in [0, 0.05) is 25.7 Å². The van der Waals surface area contributed by atoms with Crippen LogP contribution in [-0.4, -0.2) is 23.3 Å². The third kappa shape index (κ3) is 5.06. The van der Waals surface area contributed by atoms with Gasteiger partial charge in [0.25, 0.3) is 0 Å². The van der Waals surface area contributed by atoms with Crippen LogP contribution in [0.25, 0.3) is 0 Å². The number of anilines is 1. The Bertz CT molecular complexity index is 1070. The van der Waals surface area contributed by atoms with Gasteiger partial charge in [-0.05, 0) is 42.0 Å². The molecule has 6 nitrogen and oxygen atoms in total. The van der Waals surface area contributed by atoms with Crippen molar-refractivity contribution in [1.82, 2.24) is 10.3 Å². The maximum atomic E-state index is 14.0. The summed E-state index contributed by atoms with van der Waals surface area (Å²) in [5, 5.41) is 2.87. The molecule has 0 saturated carbocycles. The lowest BCUT2D eigenvalue weighted by molar-refractivity contribution is -0.126. The molecular formula is C24H22FN3O3. The minimum atomic E-state index is -0.518. The van der Waals surface area contributed by atoms with Gasteiger partial charge in [-0.3, -0.25) is 14.6 Å². The highest BCUT2D eigenvalue weighted by atomic mass is 19.1. The minimum absolute atomic E-state index is 0.0629. The number of pyridine rings is 1. The van der Waals surface area contributed by atoms with Crippen LogP contribution in [0.5, 0.6) is 5.75 Å². The van der Waals surface area contributed by atoms with Crippen molar-refractivity contribution in [3.8, 4) is 5.75 Å². The molecule has 0 aliphatic carbocycles. The molecule has 0 radical (unpaired) electrons. The van der Waals surface area contributed by atoms with E-state index < -0.39 is 11.7 Å². The first-order valence-corrected chi connectivity index (χ1v) is 10.0. The zero-order valence-electron chi connectivity index (χ0n) is 16.8. The van der Waals surface area contributed by atoms with E-state index in [2.05, 4.69) is 10.3 Å². The highest BCUT2D eigenvalue weighted by molar-refractivity contribution is 6.00. The Morgan fingerprint density at radius 1 is 1.13 bits per heavy atom. The highest BCUT2D eigenvalue weighted by Crippen LogP contribution is 2.27. The molecule has 2 heterocycles. The van der Waals surface area contributed by atoms with E-state index in [0.717, 1.165) is 11.3 Å². The number of amides is 2. The van der Waals surface area contributed by atoms with Crippen molar-refractivity contribution in [2.24, 2.45) is 5.92 Å². The molecule has 0 spiro atoms. The first kappa shape index (κ1) is 20.5. The monoisotopic (exact) mass is 419 g/mol. The van der Waals surface area contributed by atoms with E-state index in [1.807, 2.05) is 42.5 Å². The van der Waals surface area contributed by atoms with Crippen LogP contribution in [-0.2, 0) is 22.7 Å². The fraction of sp³-hybridized carbons (Fsp3) is 0.208. The number of nitrogens with zero attached hydrogens (tertiary/aromatic N) is 2. The van der Waals surface area contributed by atoms with Crippen LogP contribution >= 0.6 is 0 Å². The summed E-state index contributed by atoms with van der Waals surface area (Å²) >= 11 is 0. The summed E-state index contributed by atoms with van der Waals surface area (Å²) in [6.45, 7) is 0.829. The molecule has 1 unspecified atom stereocenters. The lowest BCUT2D eigenvalue weighted by atomic mass is 10.1. The van der Waals surface area contributed by atoms with E-state index in [-0.39, 0.29) is 30.5 Å². The minimum Gasteiger partial charge on any atom is -0.487 e. The van der Waals surface area contributed by atoms with Crippen molar-refractivity contribution in [2.75, 3.05) is 11.4 Å². The molecule has 1 aliphatic rings. The number of hydrogen-bond donors (Lipinski definition) is 1. The Morgan fingerprint density at radius 3 is 2.77 bits per heavy atom. The number of nitrogens with one attached hydrogen (secondary N) is 1. The van der Waals surface area contributed by atoms with Crippen LogP contribution in [0.1, 0.15) is 17.7 Å². The van der Waals surface area contributed by atoms with Gasteiger partial charge in [0.2, 0.25) is 11.8 Å². The first-order chi connectivity index (χ1) is 15.1. The highest BCUT2D eigenvalue weighted by Gasteiger charge is 2.35. The summed E-state index contributed by atoms with van der Waals surface area (Å²) in [5.41, 5.74) is 1.91. The number of halogens is 1. The average molecular weight is 419 g/mol. The summed E-state index contributed by atoms with van der Waals surface area (Å²) in [5.74, 6) is -0.795. The molecule has 3 aromatic rings. The zero-order valence-corrected chi connectivity index (χ0v) is 16.8.